The largest absolute Gasteiger partial charge is 0.457 e. The van der Waals surface area contributed by atoms with E-state index >= 15 is 0 Å². The zero-order valence-electron chi connectivity index (χ0n) is 16.0. The summed E-state index contributed by atoms with van der Waals surface area (Å²) in [6, 6.07) is 17.0. The van der Waals surface area contributed by atoms with E-state index in [-0.39, 0.29) is 16.4 Å². The van der Waals surface area contributed by atoms with Crippen LogP contribution in [0.3, 0.4) is 0 Å². The van der Waals surface area contributed by atoms with Crippen molar-refractivity contribution in [1.82, 2.24) is 0 Å². The first-order valence-electron chi connectivity index (χ1n) is 8.98. The van der Waals surface area contributed by atoms with Gasteiger partial charge in [0.2, 0.25) is 0 Å². The van der Waals surface area contributed by atoms with E-state index in [1.165, 1.54) is 0 Å². The Hall–Kier alpha value is -1.78. The van der Waals surface area contributed by atoms with Crippen LogP contribution in [0, 0.1) is 5.41 Å². The van der Waals surface area contributed by atoms with Crippen molar-refractivity contribution in [3.8, 4) is 11.5 Å². The first-order valence-corrected chi connectivity index (χ1v) is 10.0. The second-order valence-electron chi connectivity index (χ2n) is 7.12. The second-order valence-corrected chi connectivity index (χ2v) is 8.33. The standard InChI is InChI=1S/C22H28O3S/c1-5-24-15-16-26-21(22(2,3)4)20(23)17-11-13-19(14-12-17)25-18-9-7-6-8-10-18/h6-14,21H,5,15-16H2,1-4H3. The van der Waals surface area contributed by atoms with E-state index in [1.54, 1.807) is 11.8 Å². The van der Waals surface area contributed by atoms with Gasteiger partial charge in [0.25, 0.3) is 0 Å². The van der Waals surface area contributed by atoms with Crippen molar-refractivity contribution in [2.24, 2.45) is 5.41 Å². The summed E-state index contributed by atoms with van der Waals surface area (Å²) in [5, 5.41) is -0.108. The van der Waals surface area contributed by atoms with Gasteiger partial charge in [0, 0.05) is 17.9 Å². The molecule has 4 heteroatoms. The Morgan fingerprint density at radius 2 is 1.62 bits per heavy atom. The van der Waals surface area contributed by atoms with Crippen molar-refractivity contribution in [1.29, 1.82) is 0 Å². The fraction of sp³-hybridized carbons (Fsp3) is 0.409. The molecule has 0 saturated carbocycles. The Balaban J connectivity index is 2.05. The van der Waals surface area contributed by atoms with E-state index in [0.29, 0.717) is 18.8 Å². The highest BCUT2D eigenvalue weighted by atomic mass is 32.2. The van der Waals surface area contributed by atoms with Crippen LogP contribution in [-0.4, -0.2) is 30.0 Å². The molecule has 1 unspecified atom stereocenters. The van der Waals surface area contributed by atoms with Crippen LogP contribution >= 0.6 is 11.8 Å². The Labute approximate surface area is 161 Å². The monoisotopic (exact) mass is 372 g/mol. The van der Waals surface area contributed by atoms with Crippen LogP contribution < -0.4 is 4.74 Å². The highest BCUT2D eigenvalue weighted by Crippen LogP contribution is 2.33. The predicted molar refractivity (Wildman–Crippen MR) is 109 cm³/mol. The topological polar surface area (TPSA) is 35.5 Å². The summed E-state index contributed by atoms with van der Waals surface area (Å²) in [4.78, 5) is 13.0. The molecule has 0 bridgehead atoms. The number of carbonyl (C=O) groups is 1. The maximum absolute atomic E-state index is 13.0. The van der Waals surface area contributed by atoms with E-state index in [1.807, 2.05) is 61.5 Å². The summed E-state index contributed by atoms with van der Waals surface area (Å²) in [5.74, 6) is 2.48. The summed E-state index contributed by atoms with van der Waals surface area (Å²) >= 11 is 1.67. The van der Waals surface area contributed by atoms with Crippen LogP contribution in [0.25, 0.3) is 0 Å². The Morgan fingerprint density at radius 1 is 1.00 bits per heavy atom. The minimum absolute atomic E-state index is 0.108. The summed E-state index contributed by atoms with van der Waals surface area (Å²) in [6.07, 6.45) is 0. The Bertz CT molecular complexity index is 675. The number of ketones is 1. The molecule has 0 radical (unpaired) electrons. The highest BCUT2D eigenvalue weighted by Gasteiger charge is 2.32. The second kappa shape index (κ2) is 9.79. The fourth-order valence-electron chi connectivity index (χ4n) is 2.55. The number of carbonyl (C=O) groups excluding carboxylic acids is 1. The molecule has 0 aliphatic heterocycles. The van der Waals surface area contributed by atoms with Crippen LogP contribution in [0.4, 0.5) is 0 Å². The number of thioether (sulfide) groups is 1. The van der Waals surface area contributed by atoms with Gasteiger partial charge in [-0.1, -0.05) is 39.0 Å². The summed E-state index contributed by atoms with van der Waals surface area (Å²) in [7, 11) is 0. The lowest BCUT2D eigenvalue weighted by molar-refractivity contribution is 0.0950. The number of ether oxygens (including phenoxy) is 2. The average molecular weight is 373 g/mol. The van der Waals surface area contributed by atoms with E-state index < -0.39 is 0 Å². The minimum Gasteiger partial charge on any atom is -0.457 e. The number of hydrogen-bond acceptors (Lipinski definition) is 4. The SMILES string of the molecule is CCOCCSC(C(=O)c1ccc(Oc2ccccc2)cc1)C(C)(C)C. The average Bonchev–Trinajstić information content (AvgIpc) is 2.62. The third-order valence-electron chi connectivity index (χ3n) is 3.86. The van der Waals surface area contributed by atoms with Gasteiger partial charge in [0.15, 0.2) is 5.78 Å². The highest BCUT2D eigenvalue weighted by molar-refractivity contribution is 8.00. The van der Waals surface area contributed by atoms with Gasteiger partial charge in [-0.15, -0.1) is 11.8 Å². The number of Topliss-reactive ketones (excluding diaryl/α,β-unsaturated/α-hetero) is 1. The molecular weight excluding hydrogens is 344 g/mol. The first kappa shape index (κ1) is 20.5. The maximum Gasteiger partial charge on any atom is 0.176 e. The fourth-order valence-corrected chi connectivity index (χ4v) is 3.79. The molecule has 0 amide bonds. The molecule has 0 saturated heterocycles. The number of para-hydroxylation sites is 1. The molecule has 0 aromatic heterocycles. The maximum atomic E-state index is 13.0. The van der Waals surface area contributed by atoms with E-state index in [4.69, 9.17) is 9.47 Å². The van der Waals surface area contributed by atoms with Crippen LogP contribution in [-0.2, 0) is 4.74 Å². The molecule has 3 nitrogen and oxygen atoms in total. The number of benzene rings is 2. The molecule has 0 N–H and O–H groups in total. The van der Waals surface area contributed by atoms with Crippen molar-refractivity contribution < 1.29 is 14.3 Å². The van der Waals surface area contributed by atoms with Crippen LogP contribution in [0.1, 0.15) is 38.1 Å². The van der Waals surface area contributed by atoms with E-state index in [0.717, 1.165) is 17.3 Å². The zero-order valence-corrected chi connectivity index (χ0v) is 16.8. The molecule has 140 valence electrons. The van der Waals surface area contributed by atoms with Crippen LogP contribution in [0.15, 0.2) is 54.6 Å². The van der Waals surface area contributed by atoms with Gasteiger partial charge >= 0.3 is 0 Å². The lowest BCUT2D eigenvalue weighted by Gasteiger charge is -2.29. The zero-order chi connectivity index (χ0) is 19.0. The summed E-state index contributed by atoms with van der Waals surface area (Å²) in [6.45, 7) is 9.68. The molecule has 0 aliphatic rings. The van der Waals surface area contributed by atoms with Crippen molar-refractivity contribution >= 4 is 17.5 Å². The number of rotatable bonds is 9. The lowest BCUT2D eigenvalue weighted by Crippen LogP contribution is -2.32. The smallest absolute Gasteiger partial charge is 0.176 e. The first-order chi connectivity index (χ1) is 12.4. The summed E-state index contributed by atoms with van der Waals surface area (Å²) < 4.78 is 11.2. The molecule has 0 spiro atoms. The van der Waals surface area contributed by atoms with Gasteiger partial charge in [0.1, 0.15) is 11.5 Å². The quantitative estimate of drug-likeness (QED) is 0.409. The molecule has 0 aliphatic carbocycles. The molecule has 0 heterocycles. The number of hydrogen-bond donors (Lipinski definition) is 0. The lowest BCUT2D eigenvalue weighted by atomic mass is 9.87. The van der Waals surface area contributed by atoms with E-state index in [9.17, 15) is 4.79 Å². The molecule has 0 fully saturated rings. The van der Waals surface area contributed by atoms with Gasteiger partial charge in [-0.3, -0.25) is 4.79 Å². The third-order valence-corrected chi connectivity index (χ3v) is 5.52. The van der Waals surface area contributed by atoms with Crippen molar-refractivity contribution in [3.63, 3.8) is 0 Å². The van der Waals surface area contributed by atoms with Crippen molar-refractivity contribution in [2.75, 3.05) is 19.0 Å². The Kier molecular flexibility index (Phi) is 7.73. The van der Waals surface area contributed by atoms with Gasteiger partial charge in [0.05, 0.1) is 11.9 Å². The molecule has 1 atom stereocenters. The van der Waals surface area contributed by atoms with Gasteiger partial charge < -0.3 is 9.47 Å². The minimum atomic E-state index is -0.118. The van der Waals surface area contributed by atoms with Crippen molar-refractivity contribution in [2.45, 2.75) is 32.9 Å². The van der Waals surface area contributed by atoms with Crippen LogP contribution in [0.2, 0.25) is 0 Å². The molecule has 2 rings (SSSR count). The van der Waals surface area contributed by atoms with E-state index in [2.05, 4.69) is 20.8 Å². The summed E-state index contributed by atoms with van der Waals surface area (Å²) in [5.41, 5.74) is 0.599. The normalized spacial score (nSPS) is 12.6. The molecular formula is C22H28O3S. The molecule has 26 heavy (non-hydrogen) atoms. The molecule has 2 aromatic carbocycles. The predicted octanol–water partition coefficient (Wildman–Crippen LogP) is 5.85. The van der Waals surface area contributed by atoms with Crippen molar-refractivity contribution in [3.05, 3.63) is 60.2 Å². The van der Waals surface area contributed by atoms with Gasteiger partial charge in [-0.05, 0) is 48.7 Å². The Morgan fingerprint density at radius 3 is 2.19 bits per heavy atom. The van der Waals surface area contributed by atoms with Gasteiger partial charge in [-0.2, -0.15) is 0 Å². The van der Waals surface area contributed by atoms with Gasteiger partial charge in [-0.25, -0.2) is 0 Å². The molecule has 2 aromatic rings. The third kappa shape index (κ3) is 6.19. The van der Waals surface area contributed by atoms with Crippen LogP contribution in [0.5, 0.6) is 11.5 Å².